The Hall–Kier alpha value is -3.55. The first-order valence-electron chi connectivity index (χ1n) is 8.05. The Bertz CT molecular complexity index is 1010. The Kier molecular flexibility index (Phi) is 3.92. The van der Waals surface area contributed by atoms with Gasteiger partial charge in [0, 0.05) is 23.9 Å². The Morgan fingerprint density at radius 1 is 1.12 bits per heavy atom. The van der Waals surface area contributed by atoms with Gasteiger partial charge in [-0.15, -0.1) is 0 Å². The highest BCUT2D eigenvalue weighted by Gasteiger charge is 2.22. The highest BCUT2D eigenvalue weighted by Crippen LogP contribution is 2.35. The fourth-order valence-corrected chi connectivity index (χ4v) is 2.81. The number of amides is 1. The fourth-order valence-electron chi connectivity index (χ4n) is 2.81. The van der Waals surface area contributed by atoms with Gasteiger partial charge < -0.3 is 19.9 Å². The van der Waals surface area contributed by atoms with Gasteiger partial charge in [0.1, 0.15) is 0 Å². The molecule has 0 bridgehead atoms. The summed E-state index contributed by atoms with van der Waals surface area (Å²) in [5.74, 6) is -0.944. The SMILES string of the molecule is O=C(O)c1cc2c(cc1NC(=O)c1n[nH]c3ccccc13)OCCCO2. The van der Waals surface area contributed by atoms with Crippen molar-refractivity contribution in [2.24, 2.45) is 0 Å². The van der Waals surface area contributed by atoms with Crippen LogP contribution in [0.15, 0.2) is 36.4 Å². The van der Waals surface area contributed by atoms with E-state index >= 15 is 0 Å². The summed E-state index contributed by atoms with van der Waals surface area (Å²) in [7, 11) is 0. The topological polar surface area (TPSA) is 114 Å². The van der Waals surface area contributed by atoms with Crippen LogP contribution in [-0.2, 0) is 0 Å². The number of H-pyrrole nitrogens is 1. The van der Waals surface area contributed by atoms with Crippen LogP contribution in [0.3, 0.4) is 0 Å². The number of carboxylic acid groups (broad SMARTS) is 1. The molecule has 2 aromatic carbocycles. The number of nitrogens with zero attached hydrogens (tertiary/aromatic N) is 1. The molecule has 8 nitrogen and oxygen atoms in total. The van der Waals surface area contributed by atoms with Crippen LogP contribution >= 0.6 is 0 Å². The average Bonchev–Trinajstić information content (AvgIpc) is 2.93. The Balaban J connectivity index is 1.71. The molecule has 0 unspecified atom stereocenters. The number of para-hydroxylation sites is 1. The Morgan fingerprint density at radius 2 is 1.85 bits per heavy atom. The molecule has 0 aliphatic carbocycles. The van der Waals surface area contributed by atoms with Gasteiger partial charge in [0.15, 0.2) is 17.2 Å². The van der Waals surface area contributed by atoms with Gasteiger partial charge in [-0.25, -0.2) is 4.79 Å². The molecule has 8 heteroatoms. The number of anilines is 1. The molecule has 0 spiro atoms. The molecule has 1 aromatic heterocycles. The molecule has 1 amide bonds. The third-order valence-electron chi connectivity index (χ3n) is 4.05. The van der Waals surface area contributed by atoms with Gasteiger partial charge in [0.2, 0.25) is 0 Å². The molecule has 1 aliphatic heterocycles. The van der Waals surface area contributed by atoms with Crippen LogP contribution in [0.5, 0.6) is 11.5 Å². The van der Waals surface area contributed by atoms with Gasteiger partial charge in [-0.1, -0.05) is 18.2 Å². The highest BCUT2D eigenvalue weighted by molar-refractivity contribution is 6.13. The summed E-state index contributed by atoms with van der Waals surface area (Å²) < 4.78 is 11.1. The number of ether oxygens (including phenoxy) is 2. The van der Waals surface area contributed by atoms with E-state index in [0.29, 0.717) is 36.5 Å². The van der Waals surface area contributed by atoms with Crippen molar-refractivity contribution in [2.75, 3.05) is 18.5 Å². The molecule has 0 radical (unpaired) electrons. The maximum Gasteiger partial charge on any atom is 0.337 e. The molecule has 3 N–H and O–H groups in total. The van der Waals surface area contributed by atoms with E-state index < -0.39 is 11.9 Å². The summed E-state index contributed by atoms with van der Waals surface area (Å²) in [6.07, 6.45) is 0.692. The summed E-state index contributed by atoms with van der Waals surface area (Å²) in [5.41, 5.74) is 0.945. The van der Waals surface area contributed by atoms with Crippen LogP contribution in [0.4, 0.5) is 5.69 Å². The van der Waals surface area contributed by atoms with Crippen LogP contribution in [0.1, 0.15) is 27.3 Å². The largest absolute Gasteiger partial charge is 0.490 e. The van der Waals surface area contributed by atoms with Gasteiger partial charge in [0.05, 0.1) is 30.0 Å². The van der Waals surface area contributed by atoms with E-state index in [9.17, 15) is 14.7 Å². The number of aromatic amines is 1. The van der Waals surface area contributed by atoms with E-state index in [-0.39, 0.29) is 16.9 Å². The zero-order valence-electron chi connectivity index (χ0n) is 13.6. The summed E-state index contributed by atoms with van der Waals surface area (Å²) in [6, 6.07) is 10.0. The quantitative estimate of drug-likeness (QED) is 0.667. The first-order valence-corrected chi connectivity index (χ1v) is 8.05. The third kappa shape index (κ3) is 2.81. The van der Waals surface area contributed by atoms with Gasteiger partial charge in [-0.05, 0) is 6.07 Å². The van der Waals surface area contributed by atoms with Crippen molar-refractivity contribution in [3.05, 3.63) is 47.7 Å². The predicted octanol–water partition coefficient (Wildman–Crippen LogP) is 2.67. The van der Waals surface area contributed by atoms with Gasteiger partial charge in [-0.2, -0.15) is 5.10 Å². The number of nitrogens with one attached hydrogen (secondary N) is 2. The number of aromatic carboxylic acids is 1. The zero-order valence-corrected chi connectivity index (χ0v) is 13.6. The molecule has 0 atom stereocenters. The minimum absolute atomic E-state index is 0.0811. The standard InChI is InChI=1S/C18H15N3O5/c22-17(16-10-4-1-2-5-12(10)20-21-16)19-13-9-15-14(8-11(13)18(23)24)25-6-3-7-26-15/h1-2,4-5,8-9H,3,6-7H2,(H,19,22)(H,20,21)(H,23,24). The molecule has 1 aliphatic rings. The number of hydrogen-bond donors (Lipinski definition) is 3. The monoisotopic (exact) mass is 353 g/mol. The molecule has 0 saturated heterocycles. The lowest BCUT2D eigenvalue weighted by molar-refractivity contribution is 0.0697. The van der Waals surface area contributed by atoms with Gasteiger partial charge >= 0.3 is 5.97 Å². The minimum atomic E-state index is -1.18. The van der Waals surface area contributed by atoms with E-state index in [0.717, 1.165) is 5.52 Å². The van der Waals surface area contributed by atoms with E-state index in [1.807, 2.05) is 6.07 Å². The second-order valence-electron chi connectivity index (χ2n) is 5.77. The number of aromatic nitrogens is 2. The van der Waals surface area contributed by atoms with Crippen molar-refractivity contribution >= 4 is 28.5 Å². The smallest absolute Gasteiger partial charge is 0.337 e. The van der Waals surface area contributed by atoms with Crippen LogP contribution in [0.2, 0.25) is 0 Å². The molecule has 0 saturated carbocycles. The van der Waals surface area contributed by atoms with Crippen molar-refractivity contribution in [1.29, 1.82) is 0 Å². The van der Waals surface area contributed by atoms with E-state index in [2.05, 4.69) is 15.5 Å². The molecule has 3 aromatic rings. The van der Waals surface area contributed by atoms with Crippen LogP contribution in [0, 0.1) is 0 Å². The minimum Gasteiger partial charge on any atom is -0.490 e. The second kappa shape index (κ2) is 6.40. The van der Waals surface area contributed by atoms with E-state index in [1.165, 1.54) is 12.1 Å². The van der Waals surface area contributed by atoms with Crippen LogP contribution in [-0.4, -0.2) is 40.4 Å². The van der Waals surface area contributed by atoms with Crippen LogP contribution < -0.4 is 14.8 Å². The van der Waals surface area contributed by atoms with E-state index in [1.54, 1.807) is 18.2 Å². The summed E-state index contributed by atoms with van der Waals surface area (Å²) in [5, 5.41) is 19.6. The first kappa shape index (κ1) is 15.9. The lowest BCUT2D eigenvalue weighted by Crippen LogP contribution is -2.16. The number of hydrogen-bond acceptors (Lipinski definition) is 5. The lowest BCUT2D eigenvalue weighted by atomic mass is 10.1. The van der Waals surface area contributed by atoms with Crippen molar-refractivity contribution in [2.45, 2.75) is 6.42 Å². The van der Waals surface area contributed by atoms with Crippen LogP contribution in [0.25, 0.3) is 10.9 Å². The number of benzene rings is 2. The van der Waals surface area contributed by atoms with Gasteiger partial charge in [0.25, 0.3) is 5.91 Å². The number of carbonyl (C=O) groups is 2. The Labute approximate surface area is 147 Å². The van der Waals surface area contributed by atoms with Crippen molar-refractivity contribution < 1.29 is 24.2 Å². The fraction of sp³-hybridized carbons (Fsp3) is 0.167. The Morgan fingerprint density at radius 3 is 2.62 bits per heavy atom. The molecule has 2 heterocycles. The second-order valence-corrected chi connectivity index (χ2v) is 5.77. The third-order valence-corrected chi connectivity index (χ3v) is 4.05. The van der Waals surface area contributed by atoms with Crippen molar-refractivity contribution in [3.8, 4) is 11.5 Å². The summed E-state index contributed by atoms with van der Waals surface area (Å²) in [6.45, 7) is 0.897. The molecular weight excluding hydrogens is 338 g/mol. The maximum absolute atomic E-state index is 12.6. The van der Waals surface area contributed by atoms with Crippen molar-refractivity contribution in [3.63, 3.8) is 0 Å². The molecule has 26 heavy (non-hydrogen) atoms. The van der Waals surface area contributed by atoms with Crippen molar-refractivity contribution in [1.82, 2.24) is 10.2 Å². The molecule has 0 fully saturated rings. The first-order chi connectivity index (χ1) is 12.6. The maximum atomic E-state index is 12.6. The number of rotatable bonds is 3. The number of fused-ring (bicyclic) bond motifs is 2. The molecule has 4 rings (SSSR count). The van der Waals surface area contributed by atoms with Gasteiger partial charge in [-0.3, -0.25) is 9.89 Å². The zero-order chi connectivity index (χ0) is 18.1. The lowest BCUT2D eigenvalue weighted by Gasteiger charge is -2.13. The highest BCUT2D eigenvalue weighted by atomic mass is 16.5. The average molecular weight is 353 g/mol. The molecule has 132 valence electrons. The summed E-state index contributed by atoms with van der Waals surface area (Å²) in [4.78, 5) is 24.2. The summed E-state index contributed by atoms with van der Waals surface area (Å²) >= 11 is 0. The molecular formula is C18H15N3O5. The normalized spacial score (nSPS) is 13.2. The number of carboxylic acids is 1. The predicted molar refractivity (Wildman–Crippen MR) is 93.1 cm³/mol. The number of carbonyl (C=O) groups excluding carboxylic acids is 1. The van der Waals surface area contributed by atoms with E-state index in [4.69, 9.17) is 9.47 Å².